The van der Waals surface area contributed by atoms with E-state index in [2.05, 4.69) is 218 Å². The molecule has 0 saturated carbocycles. The Morgan fingerprint density at radius 1 is 0.208 bits per heavy atom. The summed E-state index contributed by atoms with van der Waals surface area (Å²) in [5.74, 6) is 0. The molecule has 0 spiro atoms. The van der Waals surface area contributed by atoms with Crippen LogP contribution in [0.4, 0.5) is 0 Å². The molecule has 0 N–H and O–H groups in total. The molecule has 0 unspecified atom stereocenters. The molecule has 230 valence electrons. The van der Waals surface area contributed by atoms with Gasteiger partial charge in [0, 0.05) is 0 Å². The van der Waals surface area contributed by atoms with Gasteiger partial charge in [-0.15, -0.1) is 0 Å². The standard InChI is InChI=1S/C46H36P2/c1-5-13-41(14-6-1)47(42-15-7-2-8-16-42)45-33-29-39(30-34-45)27-25-37-21-23-38(24-22-37)26-28-40-31-35-46(36-32-40)48(43-17-9-3-10-18-43)44-19-11-4-12-20-44/h1-36H/b27-25-,28-26+. The van der Waals surface area contributed by atoms with Crippen molar-refractivity contribution < 1.29 is 0 Å². The van der Waals surface area contributed by atoms with Crippen molar-refractivity contribution in [2.75, 3.05) is 0 Å². The van der Waals surface area contributed by atoms with Gasteiger partial charge in [-0.3, -0.25) is 0 Å². The molecule has 0 radical (unpaired) electrons. The molecule has 0 aliphatic carbocycles. The summed E-state index contributed by atoms with van der Waals surface area (Å²) in [5.41, 5.74) is 4.77. The van der Waals surface area contributed by atoms with E-state index in [-0.39, 0.29) is 0 Å². The summed E-state index contributed by atoms with van der Waals surface area (Å²) < 4.78 is 0. The average Bonchev–Trinajstić information content (AvgIpc) is 3.17. The highest BCUT2D eigenvalue weighted by molar-refractivity contribution is 7.80. The summed E-state index contributed by atoms with van der Waals surface area (Å²) in [5, 5.41) is 8.20. The number of rotatable bonds is 10. The maximum Gasteiger partial charge on any atom is -0.0134 e. The van der Waals surface area contributed by atoms with Crippen molar-refractivity contribution >= 4 is 72.0 Å². The van der Waals surface area contributed by atoms with Gasteiger partial charge in [0.2, 0.25) is 0 Å². The maximum absolute atomic E-state index is 2.29. The monoisotopic (exact) mass is 650 g/mol. The highest BCUT2D eigenvalue weighted by Gasteiger charge is 2.17. The van der Waals surface area contributed by atoms with Crippen LogP contribution < -0.4 is 31.8 Å². The minimum absolute atomic E-state index is 0.590. The largest absolute Gasteiger partial charge is 0.0622 e. The summed E-state index contributed by atoms with van der Waals surface area (Å²) in [6.45, 7) is 0. The van der Waals surface area contributed by atoms with E-state index in [1.165, 1.54) is 54.1 Å². The van der Waals surface area contributed by atoms with Crippen molar-refractivity contribution in [1.82, 2.24) is 0 Å². The average molecular weight is 651 g/mol. The normalized spacial score (nSPS) is 11.5. The second-order valence-electron chi connectivity index (χ2n) is 11.5. The van der Waals surface area contributed by atoms with Crippen LogP contribution in [0, 0.1) is 0 Å². The zero-order valence-corrected chi connectivity index (χ0v) is 28.5. The first-order valence-corrected chi connectivity index (χ1v) is 19.0. The fourth-order valence-electron chi connectivity index (χ4n) is 5.77. The van der Waals surface area contributed by atoms with E-state index in [0.717, 1.165) is 0 Å². The van der Waals surface area contributed by atoms with Crippen LogP contribution in [0.1, 0.15) is 22.3 Å². The third-order valence-corrected chi connectivity index (χ3v) is 13.1. The molecule has 7 rings (SSSR count). The van der Waals surface area contributed by atoms with Crippen molar-refractivity contribution in [1.29, 1.82) is 0 Å². The van der Waals surface area contributed by atoms with Crippen LogP contribution in [-0.4, -0.2) is 0 Å². The van der Waals surface area contributed by atoms with E-state index in [1.807, 2.05) is 0 Å². The molecule has 0 atom stereocenters. The Morgan fingerprint density at radius 3 is 0.625 bits per heavy atom. The van der Waals surface area contributed by atoms with Gasteiger partial charge in [0.05, 0.1) is 0 Å². The Balaban J connectivity index is 1.01. The van der Waals surface area contributed by atoms with Gasteiger partial charge >= 0.3 is 0 Å². The van der Waals surface area contributed by atoms with Gasteiger partial charge in [0.25, 0.3) is 0 Å². The molecule has 0 bridgehead atoms. The van der Waals surface area contributed by atoms with E-state index >= 15 is 0 Å². The van der Waals surface area contributed by atoms with Crippen LogP contribution in [0.25, 0.3) is 24.3 Å². The van der Waals surface area contributed by atoms with Crippen LogP contribution in [0.3, 0.4) is 0 Å². The van der Waals surface area contributed by atoms with Crippen LogP contribution in [0.15, 0.2) is 194 Å². The minimum Gasteiger partial charge on any atom is -0.0622 e. The van der Waals surface area contributed by atoms with Crippen LogP contribution >= 0.6 is 15.8 Å². The maximum atomic E-state index is 2.29. The topological polar surface area (TPSA) is 0 Å². The SMILES string of the molecule is C(=C/c1ccc(P(c2ccccc2)c2ccccc2)cc1)/c1ccc(/C=C/c2ccc(P(c3ccccc3)c3ccccc3)cc2)cc1. The first-order chi connectivity index (χ1) is 23.8. The lowest BCUT2D eigenvalue weighted by Crippen LogP contribution is -2.20. The van der Waals surface area contributed by atoms with E-state index in [4.69, 9.17) is 0 Å². The van der Waals surface area contributed by atoms with E-state index < -0.39 is 15.8 Å². The van der Waals surface area contributed by atoms with Crippen LogP contribution in [-0.2, 0) is 0 Å². The first-order valence-electron chi connectivity index (χ1n) is 16.3. The molecule has 0 aromatic heterocycles. The Morgan fingerprint density at radius 2 is 0.396 bits per heavy atom. The molecule has 0 heterocycles. The van der Waals surface area contributed by atoms with Crippen molar-refractivity contribution in [2.45, 2.75) is 0 Å². The summed E-state index contributed by atoms with van der Waals surface area (Å²) in [7, 11) is -1.18. The zero-order chi connectivity index (χ0) is 32.4. The fourth-order valence-corrected chi connectivity index (χ4v) is 10.3. The third-order valence-electron chi connectivity index (χ3n) is 8.23. The molecule has 0 nitrogen and oxygen atoms in total. The first kappa shape index (κ1) is 31.5. The number of hydrogen-bond acceptors (Lipinski definition) is 0. The van der Waals surface area contributed by atoms with Crippen molar-refractivity contribution in [3.63, 3.8) is 0 Å². The second kappa shape index (κ2) is 15.6. The van der Waals surface area contributed by atoms with Crippen molar-refractivity contribution in [3.8, 4) is 0 Å². The highest BCUT2D eigenvalue weighted by atomic mass is 31.1. The van der Waals surface area contributed by atoms with Gasteiger partial charge in [0.15, 0.2) is 0 Å². The summed E-state index contributed by atoms with van der Waals surface area (Å²) in [6, 6.07) is 70.3. The Hall–Kier alpha value is -5.12. The molecule has 7 aromatic carbocycles. The smallest absolute Gasteiger partial charge is 0.0134 e. The molecule has 0 amide bonds. The summed E-state index contributed by atoms with van der Waals surface area (Å²) in [4.78, 5) is 0. The third kappa shape index (κ3) is 7.87. The van der Waals surface area contributed by atoms with Gasteiger partial charge < -0.3 is 0 Å². The van der Waals surface area contributed by atoms with Gasteiger partial charge in [-0.1, -0.05) is 218 Å². The lowest BCUT2D eigenvalue weighted by molar-refractivity contribution is 1.62. The zero-order valence-electron chi connectivity index (χ0n) is 26.7. The van der Waals surface area contributed by atoms with E-state index in [9.17, 15) is 0 Å². The molecule has 7 aromatic rings. The van der Waals surface area contributed by atoms with E-state index in [0.29, 0.717) is 0 Å². The minimum atomic E-state index is -0.590. The lowest BCUT2D eigenvalue weighted by atomic mass is 10.1. The van der Waals surface area contributed by atoms with Crippen molar-refractivity contribution in [3.05, 3.63) is 216 Å². The predicted octanol–water partition coefficient (Wildman–Crippen LogP) is 9.54. The highest BCUT2D eigenvalue weighted by Crippen LogP contribution is 2.34. The Labute approximate surface area is 287 Å². The lowest BCUT2D eigenvalue weighted by Gasteiger charge is -2.19. The van der Waals surface area contributed by atoms with Gasteiger partial charge in [-0.05, 0) is 69.9 Å². The van der Waals surface area contributed by atoms with Gasteiger partial charge in [-0.25, -0.2) is 0 Å². The molecular formula is C46H36P2. The molecule has 0 aliphatic rings. The summed E-state index contributed by atoms with van der Waals surface area (Å²) >= 11 is 0. The van der Waals surface area contributed by atoms with Gasteiger partial charge in [-0.2, -0.15) is 0 Å². The Kier molecular flexibility index (Phi) is 10.3. The molecular weight excluding hydrogens is 614 g/mol. The summed E-state index contributed by atoms with van der Waals surface area (Å²) in [6.07, 6.45) is 8.78. The Bertz CT molecular complexity index is 1830. The van der Waals surface area contributed by atoms with Gasteiger partial charge in [0.1, 0.15) is 0 Å². The van der Waals surface area contributed by atoms with Crippen LogP contribution in [0.5, 0.6) is 0 Å². The number of benzene rings is 7. The molecule has 0 fully saturated rings. The predicted molar refractivity (Wildman–Crippen MR) is 215 cm³/mol. The number of hydrogen-bond donors (Lipinski definition) is 0. The molecule has 48 heavy (non-hydrogen) atoms. The molecule has 0 aliphatic heterocycles. The second-order valence-corrected chi connectivity index (χ2v) is 16.0. The van der Waals surface area contributed by atoms with E-state index in [1.54, 1.807) is 0 Å². The fraction of sp³-hybridized carbons (Fsp3) is 0. The van der Waals surface area contributed by atoms with Crippen molar-refractivity contribution in [2.24, 2.45) is 0 Å². The molecule has 0 saturated heterocycles. The van der Waals surface area contributed by atoms with Crippen LogP contribution in [0.2, 0.25) is 0 Å². The quantitative estimate of drug-likeness (QED) is 0.102. The molecule has 2 heteroatoms.